The molecule has 0 aliphatic heterocycles. The van der Waals surface area contributed by atoms with Crippen molar-refractivity contribution in [1.82, 2.24) is 5.32 Å². The minimum absolute atomic E-state index is 0.128. The molecule has 18 heavy (non-hydrogen) atoms. The first-order valence-electron chi connectivity index (χ1n) is 6.43. The molecule has 2 nitrogen and oxygen atoms in total. The van der Waals surface area contributed by atoms with E-state index in [4.69, 9.17) is 11.6 Å². The van der Waals surface area contributed by atoms with Crippen molar-refractivity contribution in [2.45, 2.75) is 50.4 Å². The van der Waals surface area contributed by atoms with Crippen LogP contribution in [0, 0.1) is 0 Å². The van der Waals surface area contributed by atoms with Crippen LogP contribution in [0.15, 0.2) is 24.3 Å². The van der Waals surface area contributed by atoms with Gasteiger partial charge in [-0.3, -0.25) is 4.79 Å². The molecule has 0 radical (unpaired) electrons. The van der Waals surface area contributed by atoms with E-state index in [-0.39, 0.29) is 11.4 Å². The number of hydrogen-bond donors (Lipinski definition) is 1. The van der Waals surface area contributed by atoms with Crippen molar-refractivity contribution >= 4 is 17.5 Å². The van der Waals surface area contributed by atoms with Crippen molar-refractivity contribution in [2.75, 3.05) is 0 Å². The highest BCUT2D eigenvalue weighted by molar-refractivity contribution is 6.30. The number of hydrogen-bond acceptors (Lipinski definition) is 1. The minimum Gasteiger partial charge on any atom is -0.350 e. The highest BCUT2D eigenvalue weighted by atomic mass is 35.5. The molecule has 1 atom stereocenters. The highest BCUT2D eigenvalue weighted by Gasteiger charge is 2.26. The fourth-order valence-corrected chi connectivity index (χ4v) is 2.16. The number of rotatable bonds is 3. The maximum Gasteiger partial charge on any atom is 0.242 e. The second kappa shape index (κ2) is 4.93. The zero-order valence-electron chi connectivity index (χ0n) is 11.2. The first-order valence-corrected chi connectivity index (χ1v) is 6.86. The van der Waals surface area contributed by atoms with E-state index in [0.29, 0.717) is 5.92 Å². The summed E-state index contributed by atoms with van der Waals surface area (Å²) in [6.07, 6.45) is 2.51. The molecular weight excluding hydrogens is 246 g/mol. The van der Waals surface area contributed by atoms with Crippen molar-refractivity contribution in [3.05, 3.63) is 35.4 Å². The number of halogens is 1. The maximum atomic E-state index is 12.0. The lowest BCUT2D eigenvalue weighted by molar-refractivity contribution is -0.122. The molecule has 0 bridgehead atoms. The Balaban J connectivity index is 2.10. The van der Waals surface area contributed by atoms with Gasteiger partial charge >= 0.3 is 0 Å². The number of carbonyl (C=O) groups is 1. The van der Waals surface area contributed by atoms with Crippen molar-refractivity contribution in [1.29, 1.82) is 0 Å². The Kier molecular flexibility index (Phi) is 3.67. The average Bonchev–Trinajstić information content (AvgIpc) is 3.09. The summed E-state index contributed by atoms with van der Waals surface area (Å²) in [6.45, 7) is 5.86. The van der Waals surface area contributed by atoms with Gasteiger partial charge in [0.05, 0.1) is 0 Å². The molecule has 3 heteroatoms. The molecule has 0 saturated heterocycles. The van der Waals surface area contributed by atoms with Crippen molar-refractivity contribution < 1.29 is 4.79 Å². The molecule has 1 fully saturated rings. The van der Waals surface area contributed by atoms with Gasteiger partial charge in [0.25, 0.3) is 0 Å². The van der Waals surface area contributed by atoms with Gasteiger partial charge in [-0.15, -0.1) is 11.6 Å². The van der Waals surface area contributed by atoms with Crippen LogP contribution in [0.4, 0.5) is 0 Å². The third-order valence-corrected chi connectivity index (χ3v) is 3.43. The van der Waals surface area contributed by atoms with Gasteiger partial charge < -0.3 is 5.32 Å². The van der Waals surface area contributed by atoms with Gasteiger partial charge in [-0.25, -0.2) is 0 Å². The molecular formula is C15H20ClNO. The summed E-state index contributed by atoms with van der Waals surface area (Å²) >= 11 is 6.25. The van der Waals surface area contributed by atoms with E-state index in [1.54, 1.807) is 0 Å². The number of nitrogens with one attached hydrogen (secondary N) is 1. The van der Waals surface area contributed by atoms with E-state index in [1.165, 1.54) is 18.4 Å². The summed E-state index contributed by atoms with van der Waals surface area (Å²) in [4.78, 5) is 12.0. The fourth-order valence-electron chi connectivity index (χ4n) is 1.97. The predicted octanol–water partition coefficient (Wildman–Crippen LogP) is 3.76. The van der Waals surface area contributed by atoms with Crippen molar-refractivity contribution in [3.63, 3.8) is 0 Å². The lowest BCUT2D eigenvalue weighted by atomic mass is 10.0. The normalized spacial score (nSPS) is 17.3. The molecule has 1 saturated carbocycles. The predicted molar refractivity (Wildman–Crippen MR) is 74.9 cm³/mol. The van der Waals surface area contributed by atoms with Gasteiger partial charge in [-0.1, -0.05) is 24.3 Å². The Hall–Kier alpha value is -1.02. The van der Waals surface area contributed by atoms with Gasteiger partial charge in [0.1, 0.15) is 5.38 Å². The van der Waals surface area contributed by atoms with Crippen LogP contribution in [0.3, 0.4) is 0 Å². The summed E-state index contributed by atoms with van der Waals surface area (Å²) in [6, 6.07) is 8.10. The zero-order valence-corrected chi connectivity index (χ0v) is 11.9. The smallest absolute Gasteiger partial charge is 0.242 e. The van der Waals surface area contributed by atoms with E-state index in [1.807, 2.05) is 32.9 Å². The van der Waals surface area contributed by atoms with Crippen LogP contribution in [0.2, 0.25) is 0 Å². The van der Waals surface area contributed by atoms with Crippen LogP contribution in [0.25, 0.3) is 0 Å². The summed E-state index contributed by atoms with van der Waals surface area (Å²) in [7, 11) is 0. The average molecular weight is 266 g/mol. The molecule has 0 heterocycles. The molecule has 1 aliphatic carbocycles. The molecule has 1 N–H and O–H groups in total. The maximum absolute atomic E-state index is 12.0. The Labute approximate surface area is 114 Å². The molecule has 1 amide bonds. The Morgan fingerprint density at radius 1 is 1.39 bits per heavy atom. The molecule has 1 unspecified atom stereocenters. The molecule has 1 aliphatic rings. The van der Waals surface area contributed by atoms with Crippen LogP contribution in [0.1, 0.15) is 56.0 Å². The van der Waals surface area contributed by atoms with Gasteiger partial charge in [0.15, 0.2) is 0 Å². The van der Waals surface area contributed by atoms with Gasteiger partial charge in [0, 0.05) is 5.54 Å². The lowest BCUT2D eigenvalue weighted by Gasteiger charge is -2.22. The Morgan fingerprint density at radius 2 is 2.06 bits per heavy atom. The Morgan fingerprint density at radius 3 is 2.61 bits per heavy atom. The lowest BCUT2D eigenvalue weighted by Crippen LogP contribution is -2.42. The fraction of sp³-hybridized carbons (Fsp3) is 0.533. The highest BCUT2D eigenvalue weighted by Crippen LogP contribution is 2.40. The Bertz CT molecular complexity index is 446. The first-order chi connectivity index (χ1) is 8.37. The second-order valence-electron chi connectivity index (χ2n) is 6.05. The van der Waals surface area contributed by atoms with Gasteiger partial charge in [-0.2, -0.15) is 0 Å². The van der Waals surface area contributed by atoms with Gasteiger partial charge in [-0.05, 0) is 50.7 Å². The van der Waals surface area contributed by atoms with Crippen molar-refractivity contribution in [3.8, 4) is 0 Å². The van der Waals surface area contributed by atoms with E-state index in [9.17, 15) is 4.79 Å². The van der Waals surface area contributed by atoms with E-state index in [2.05, 4.69) is 17.4 Å². The topological polar surface area (TPSA) is 29.1 Å². The molecule has 0 spiro atoms. The number of carbonyl (C=O) groups excluding carboxylic acids is 1. The van der Waals surface area contributed by atoms with E-state index >= 15 is 0 Å². The summed E-state index contributed by atoms with van der Waals surface area (Å²) in [5.74, 6) is 0.552. The van der Waals surface area contributed by atoms with Gasteiger partial charge in [0.2, 0.25) is 5.91 Å². The molecule has 98 valence electrons. The molecule has 2 rings (SSSR count). The first kappa shape index (κ1) is 13.4. The standard InChI is InChI=1S/C15H20ClNO/c1-15(2,3)17-14(18)13(16)12-6-4-5-11(9-12)10-7-8-10/h4-6,9-10,13H,7-8H2,1-3H3,(H,17,18). The third kappa shape index (κ3) is 3.49. The van der Waals surface area contributed by atoms with Crippen LogP contribution in [-0.2, 0) is 4.79 Å². The summed E-state index contributed by atoms with van der Waals surface area (Å²) in [5, 5.41) is 2.30. The SMILES string of the molecule is CC(C)(C)NC(=O)C(Cl)c1cccc(C2CC2)c1. The number of amides is 1. The largest absolute Gasteiger partial charge is 0.350 e. The summed E-state index contributed by atoms with van der Waals surface area (Å²) < 4.78 is 0. The molecule has 1 aromatic carbocycles. The number of alkyl halides is 1. The molecule has 1 aromatic rings. The van der Waals surface area contributed by atoms with Crippen LogP contribution in [-0.4, -0.2) is 11.4 Å². The quantitative estimate of drug-likeness (QED) is 0.829. The van der Waals surface area contributed by atoms with E-state index in [0.717, 1.165) is 5.56 Å². The van der Waals surface area contributed by atoms with Crippen molar-refractivity contribution in [2.24, 2.45) is 0 Å². The second-order valence-corrected chi connectivity index (χ2v) is 6.48. The number of benzene rings is 1. The zero-order chi connectivity index (χ0) is 13.3. The summed E-state index contributed by atoms with van der Waals surface area (Å²) in [5.41, 5.74) is 1.95. The van der Waals surface area contributed by atoms with Crippen LogP contribution < -0.4 is 5.32 Å². The minimum atomic E-state index is -0.608. The van der Waals surface area contributed by atoms with E-state index < -0.39 is 5.38 Å². The van der Waals surface area contributed by atoms with Crippen LogP contribution in [0.5, 0.6) is 0 Å². The third-order valence-electron chi connectivity index (χ3n) is 2.98. The van der Waals surface area contributed by atoms with Crippen LogP contribution >= 0.6 is 11.6 Å². The molecule has 0 aromatic heterocycles. The monoisotopic (exact) mass is 265 g/mol.